The quantitative estimate of drug-likeness (QED) is 0.335. The highest BCUT2D eigenvalue weighted by Gasteiger charge is 2.40. The van der Waals surface area contributed by atoms with Crippen LogP contribution in [0, 0.1) is 12.8 Å². The molecule has 0 aliphatic carbocycles. The van der Waals surface area contributed by atoms with E-state index in [4.69, 9.17) is 8.92 Å². The molecule has 0 bridgehead atoms. The van der Waals surface area contributed by atoms with Gasteiger partial charge in [-0.2, -0.15) is 8.42 Å². The Labute approximate surface area is 150 Å². The van der Waals surface area contributed by atoms with E-state index >= 15 is 0 Å². The lowest BCUT2D eigenvalue weighted by molar-refractivity contribution is -0.186. The van der Waals surface area contributed by atoms with Crippen LogP contribution in [0.2, 0.25) is 0 Å². The molecule has 1 aromatic rings. The van der Waals surface area contributed by atoms with Gasteiger partial charge >= 0.3 is 5.97 Å². The highest BCUT2D eigenvalue weighted by atomic mass is 32.2. The first-order chi connectivity index (χ1) is 11.9. The summed E-state index contributed by atoms with van der Waals surface area (Å²) in [7, 11) is -3.72. The molecule has 140 valence electrons. The van der Waals surface area contributed by atoms with Crippen molar-refractivity contribution in [1.29, 1.82) is 0 Å². The van der Waals surface area contributed by atoms with Gasteiger partial charge in [0, 0.05) is 0 Å². The summed E-state index contributed by atoms with van der Waals surface area (Å²) < 4.78 is 34.4. The molecule has 1 aromatic carbocycles. The Hall–Kier alpha value is -1.40. The number of hydrogen-bond donors (Lipinski definition) is 0. The number of hydrogen-bond acceptors (Lipinski definition) is 5. The Morgan fingerprint density at radius 3 is 2.40 bits per heavy atom. The number of benzene rings is 1. The first kappa shape index (κ1) is 19.9. The van der Waals surface area contributed by atoms with E-state index in [2.05, 4.69) is 6.92 Å². The smallest absolute Gasteiger partial charge is 0.313 e. The van der Waals surface area contributed by atoms with Crippen molar-refractivity contribution in [1.82, 2.24) is 0 Å². The van der Waals surface area contributed by atoms with Crippen molar-refractivity contribution >= 4 is 16.1 Å². The van der Waals surface area contributed by atoms with Crippen LogP contribution in [0.5, 0.6) is 0 Å². The minimum absolute atomic E-state index is 0.0226. The molecule has 5 nitrogen and oxygen atoms in total. The molecule has 1 aliphatic rings. The zero-order valence-electron chi connectivity index (χ0n) is 15.1. The maximum atomic E-state index is 12.1. The van der Waals surface area contributed by atoms with E-state index < -0.39 is 10.1 Å². The molecule has 2 atom stereocenters. The van der Waals surface area contributed by atoms with Gasteiger partial charge < -0.3 is 4.74 Å². The maximum Gasteiger partial charge on any atom is 0.313 e. The number of aryl methyl sites for hydroxylation is 1. The number of carbonyl (C=O) groups is 1. The fourth-order valence-corrected chi connectivity index (χ4v) is 3.92. The molecule has 1 fully saturated rings. The standard InChI is InChI=1S/C19H28O5S/c1-3-4-5-6-8-17-18(24-19(17)20)9-7-14-23-25(21,22)16-12-10-15(2)11-13-16/h10-13,17-18H,3-9,14H2,1-2H3/t17-,18-/m0/s1. The van der Waals surface area contributed by atoms with Gasteiger partial charge in [0.1, 0.15) is 6.10 Å². The van der Waals surface area contributed by atoms with Crippen LogP contribution < -0.4 is 0 Å². The van der Waals surface area contributed by atoms with Gasteiger partial charge in [-0.05, 0) is 38.3 Å². The lowest BCUT2D eigenvalue weighted by Crippen LogP contribution is -2.45. The van der Waals surface area contributed by atoms with Crippen LogP contribution in [0.4, 0.5) is 0 Å². The summed E-state index contributed by atoms with van der Waals surface area (Å²) in [6.45, 7) is 4.16. The van der Waals surface area contributed by atoms with Crippen molar-refractivity contribution in [2.75, 3.05) is 6.61 Å². The van der Waals surface area contributed by atoms with Crippen LogP contribution in [0.25, 0.3) is 0 Å². The monoisotopic (exact) mass is 368 g/mol. The summed E-state index contributed by atoms with van der Waals surface area (Å²) in [6.07, 6.45) is 6.53. The minimum atomic E-state index is -3.72. The molecule has 0 unspecified atom stereocenters. The maximum absolute atomic E-state index is 12.1. The highest BCUT2D eigenvalue weighted by molar-refractivity contribution is 7.86. The highest BCUT2D eigenvalue weighted by Crippen LogP contribution is 2.31. The van der Waals surface area contributed by atoms with Gasteiger partial charge in [0.2, 0.25) is 0 Å². The summed E-state index contributed by atoms with van der Waals surface area (Å²) in [5.74, 6) is -0.139. The number of esters is 1. The molecule has 1 saturated heterocycles. The first-order valence-corrected chi connectivity index (χ1v) is 10.5. The predicted molar refractivity (Wildman–Crippen MR) is 95.7 cm³/mol. The lowest BCUT2D eigenvalue weighted by Gasteiger charge is -2.35. The Kier molecular flexibility index (Phi) is 7.44. The summed E-state index contributed by atoms with van der Waals surface area (Å²) in [5.41, 5.74) is 0.996. The zero-order chi connectivity index (χ0) is 18.3. The summed E-state index contributed by atoms with van der Waals surface area (Å²) >= 11 is 0. The molecule has 2 rings (SSSR count). The number of rotatable bonds is 11. The van der Waals surface area contributed by atoms with E-state index in [1.807, 2.05) is 6.92 Å². The largest absolute Gasteiger partial charge is 0.461 e. The molecule has 0 saturated carbocycles. The molecule has 0 amide bonds. The number of cyclic esters (lactones) is 1. The predicted octanol–water partition coefficient (Wildman–Crippen LogP) is 3.99. The second-order valence-corrected chi connectivity index (χ2v) is 8.28. The van der Waals surface area contributed by atoms with Gasteiger partial charge in [-0.1, -0.05) is 50.3 Å². The van der Waals surface area contributed by atoms with Crippen LogP contribution >= 0.6 is 0 Å². The van der Waals surface area contributed by atoms with Gasteiger partial charge in [0.15, 0.2) is 0 Å². The Morgan fingerprint density at radius 2 is 1.76 bits per heavy atom. The van der Waals surface area contributed by atoms with E-state index in [1.54, 1.807) is 24.3 Å². The third-order valence-corrected chi connectivity index (χ3v) is 5.90. The Balaban J connectivity index is 1.70. The summed E-state index contributed by atoms with van der Waals surface area (Å²) in [5, 5.41) is 0. The number of unbranched alkanes of at least 4 members (excludes halogenated alkanes) is 3. The normalized spacial score (nSPS) is 20.2. The van der Waals surface area contributed by atoms with Gasteiger partial charge in [-0.15, -0.1) is 0 Å². The Bertz CT molecular complexity index is 651. The summed E-state index contributed by atoms with van der Waals surface area (Å²) in [6, 6.07) is 6.58. The van der Waals surface area contributed by atoms with E-state index in [0.29, 0.717) is 12.8 Å². The van der Waals surface area contributed by atoms with Crippen LogP contribution in [-0.2, 0) is 23.8 Å². The van der Waals surface area contributed by atoms with Gasteiger partial charge in [-0.25, -0.2) is 0 Å². The average Bonchev–Trinajstić information content (AvgIpc) is 2.57. The molecular weight excluding hydrogens is 340 g/mol. The number of ether oxygens (including phenoxy) is 1. The molecular formula is C19H28O5S. The second-order valence-electron chi connectivity index (χ2n) is 6.66. The van der Waals surface area contributed by atoms with Gasteiger partial charge in [0.25, 0.3) is 10.1 Å². The molecule has 0 aromatic heterocycles. The van der Waals surface area contributed by atoms with Crippen molar-refractivity contribution in [3.05, 3.63) is 29.8 Å². The van der Waals surface area contributed by atoms with E-state index in [0.717, 1.165) is 24.8 Å². The average molecular weight is 368 g/mol. The van der Waals surface area contributed by atoms with Gasteiger partial charge in [0.05, 0.1) is 17.4 Å². The van der Waals surface area contributed by atoms with Crippen LogP contribution in [0.15, 0.2) is 29.2 Å². The zero-order valence-corrected chi connectivity index (χ0v) is 15.9. The van der Waals surface area contributed by atoms with Crippen molar-refractivity contribution in [3.63, 3.8) is 0 Å². The van der Waals surface area contributed by atoms with E-state index in [-0.39, 0.29) is 29.5 Å². The SMILES string of the molecule is CCCCCC[C@@H]1C(=O)O[C@H]1CCCOS(=O)(=O)c1ccc(C)cc1. The third-order valence-electron chi connectivity index (χ3n) is 4.57. The first-order valence-electron chi connectivity index (χ1n) is 9.10. The van der Waals surface area contributed by atoms with E-state index in [1.165, 1.54) is 12.8 Å². The topological polar surface area (TPSA) is 69.7 Å². The lowest BCUT2D eigenvalue weighted by atomic mass is 9.88. The minimum Gasteiger partial charge on any atom is -0.461 e. The Morgan fingerprint density at radius 1 is 1.04 bits per heavy atom. The third kappa shape index (κ3) is 5.82. The summed E-state index contributed by atoms with van der Waals surface area (Å²) in [4.78, 5) is 11.7. The number of carbonyl (C=O) groups excluding carboxylic acids is 1. The molecule has 0 spiro atoms. The molecule has 0 N–H and O–H groups in total. The van der Waals surface area contributed by atoms with Crippen molar-refractivity contribution < 1.29 is 22.1 Å². The molecule has 1 aliphatic heterocycles. The van der Waals surface area contributed by atoms with Crippen molar-refractivity contribution in [2.45, 2.75) is 69.8 Å². The molecule has 6 heteroatoms. The molecule has 1 heterocycles. The second kappa shape index (κ2) is 9.34. The van der Waals surface area contributed by atoms with Crippen LogP contribution in [-0.4, -0.2) is 27.1 Å². The molecule has 25 heavy (non-hydrogen) atoms. The molecule has 0 radical (unpaired) electrons. The van der Waals surface area contributed by atoms with Crippen LogP contribution in [0.3, 0.4) is 0 Å². The van der Waals surface area contributed by atoms with Gasteiger partial charge in [-0.3, -0.25) is 8.98 Å². The fraction of sp³-hybridized carbons (Fsp3) is 0.632. The van der Waals surface area contributed by atoms with Crippen molar-refractivity contribution in [2.24, 2.45) is 5.92 Å². The van der Waals surface area contributed by atoms with E-state index in [9.17, 15) is 13.2 Å². The van der Waals surface area contributed by atoms with Crippen LogP contribution in [0.1, 0.15) is 57.4 Å². The van der Waals surface area contributed by atoms with Crippen molar-refractivity contribution in [3.8, 4) is 0 Å². The fourth-order valence-electron chi connectivity index (χ4n) is 2.98.